The van der Waals surface area contributed by atoms with Crippen molar-refractivity contribution in [1.82, 2.24) is 4.98 Å². The van der Waals surface area contributed by atoms with E-state index in [4.69, 9.17) is 4.74 Å². The van der Waals surface area contributed by atoms with Crippen molar-refractivity contribution in [1.29, 1.82) is 0 Å². The third-order valence-corrected chi connectivity index (χ3v) is 4.90. The number of carbonyl (C=O) groups is 1. The van der Waals surface area contributed by atoms with E-state index in [0.29, 0.717) is 23.8 Å². The highest BCUT2D eigenvalue weighted by Crippen LogP contribution is 2.29. The first-order valence-electron chi connectivity index (χ1n) is 8.17. The molecule has 1 aromatic heterocycles. The Hall–Kier alpha value is -3.10. The summed E-state index contributed by atoms with van der Waals surface area (Å²) in [6.45, 7) is 0.678. The molecule has 0 N–H and O–H groups in total. The Morgan fingerprint density at radius 3 is 2.74 bits per heavy atom. The Bertz CT molecular complexity index is 966. The Balaban J connectivity index is 1.89. The van der Waals surface area contributed by atoms with Crippen LogP contribution in [0.4, 0.5) is 10.8 Å². The Kier molecular flexibility index (Phi) is 5.90. The molecule has 1 amide bonds. The minimum absolute atomic E-state index is 0.0509. The minimum atomic E-state index is -0.472. The van der Waals surface area contributed by atoms with E-state index in [0.717, 1.165) is 10.2 Å². The van der Waals surface area contributed by atoms with Crippen LogP contribution >= 0.6 is 11.3 Å². The maximum Gasteiger partial charge on any atom is 0.276 e. The first-order chi connectivity index (χ1) is 13.1. The van der Waals surface area contributed by atoms with E-state index in [2.05, 4.69) is 4.98 Å². The summed E-state index contributed by atoms with van der Waals surface area (Å²) in [7, 11) is 1.56. The first kappa shape index (κ1) is 18.7. The van der Waals surface area contributed by atoms with Crippen molar-refractivity contribution in [3.05, 3.63) is 70.3 Å². The molecule has 8 heteroatoms. The van der Waals surface area contributed by atoms with E-state index >= 15 is 0 Å². The number of aromatic nitrogens is 1. The smallest absolute Gasteiger partial charge is 0.276 e. The molecule has 138 valence electrons. The van der Waals surface area contributed by atoms with Gasteiger partial charge in [0.25, 0.3) is 11.6 Å². The van der Waals surface area contributed by atoms with Gasteiger partial charge in [-0.3, -0.25) is 19.8 Å². The third kappa shape index (κ3) is 4.36. The quantitative estimate of drug-likeness (QED) is 0.351. The van der Waals surface area contributed by atoms with Gasteiger partial charge in [0.2, 0.25) is 0 Å². The van der Waals surface area contributed by atoms with Crippen LogP contribution in [0.2, 0.25) is 0 Å². The van der Waals surface area contributed by atoms with Crippen molar-refractivity contribution in [2.24, 2.45) is 0 Å². The predicted molar refractivity (Wildman–Crippen MR) is 106 cm³/mol. The van der Waals surface area contributed by atoms with Crippen molar-refractivity contribution in [2.45, 2.75) is 0 Å². The minimum Gasteiger partial charge on any atom is -0.383 e. The van der Waals surface area contributed by atoms with Gasteiger partial charge in [0.1, 0.15) is 0 Å². The van der Waals surface area contributed by atoms with E-state index in [1.54, 1.807) is 25.3 Å². The molecule has 1 heterocycles. The van der Waals surface area contributed by atoms with Gasteiger partial charge in [-0.1, -0.05) is 35.6 Å². The lowest BCUT2D eigenvalue weighted by atomic mass is 10.1. The summed E-state index contributed by atoms with van der Waals surface area (Å²) in [5, 5.41) is 11.7. The largest absolute Gasteiger partial charge is 0.383 e. The van der Waals surface area contributed by atoms with Gasteiger partial charge in [-0.15, -0.1) is 0 Å². The number of rotatable bonds is 7. The van der Waals surface area contributed by atoms with Gasteiger partial charge in [-0.2, -0.15) is 0 Å². The number of anilines is 1. The van der Waals surface area contributed by atoms with Gasteiger partial charge in [0, 0.05) is 19.3 Å². The number of amides is 1. The molecule has 0 unspecified atom stereocenters. The number of ether oxygens (including phenoxy) is 1. The number of hydrogen-bond donors (Lipinski definition) is 0. The summed E-state index contributed by atoms with van der Waals surface area (Å²) in [4.78, 5) is 29.4. The molecule has 0 aliphatic carbocycles. The highest BCUT2D eigenvalue weighted by atomic mass is 32.1. The molecule has 0 spiro atoms. The zero-order valence-electron chi connectivity index (χ0n) is 14.6. The van der Waals surface area contributed by atoms with Crippen LogP contribution in [0, 0.1) is 10.1 Å². The summed E-state index contributed by atoms with van der Waals surface area (Å²) in [5.74, 6) is -0.316. The monoisotopic (exact) mass is 383 g/mol. The van der Waals surface area contributed by atoms with Crippen molar-refractivity contribution >= 4 is 44.4 Å². The molecule has 3 aromatic rings. The number of nitro groups is 1. The van der Waals surface area contributed by atoms with Gasteiger partial charge < -0.3 is 4.74 Å². The summed E-state index contributed by atoms with van der Waals surface area (Å²) < 4.78 is 6.08. The van der Waals surface area contributed by atoms with Crippen LogP contribution in [0.1, 0.15) is 5.56 Å². The van der Waals surface area contributed by atoms with Crippen LogP contribution < -0.4 is 4.90 Å². The maximum atomic E-state index is 12.8. The van der Waals surface area contributed by atoms with Crippen LogP contribution in [0.3, 0.4) is 0 Å². The zero-order chi connectivity index (χ0) is 19.2. The number of nitro benzene ring substituents is 1. The number of methoxy groups -OCH3 is 1. The van der Waals surface area contributed by atoms with Crippen LogP contribution in [0.5, 0.6) is 0 Å². The summed E-state index contributed by atoms with van der Waals surface area (Å²) in [6.07, 6.45) is 2.78. The number of thiazole rings is 1. The Morgan fingerprint density at radius 2 is 2.00 bits per heavy atom. The maximum absolute atomic E-state index is 12.8. The SMILES string of the molecule is COCCN(C(=O)C=Cc1ccccc1[N+](=O)[O-])c1nc2ccccc2s1. The summed E-state index contributed by atoms with van der Waals surface area (Å²) in [6, 6.07) is 13.9. The first-order valence-corrected chi connectivity index (χ1v) is 8.99. The number of carbonyl (C=O) groups excluding carboxylic acids is 1. The lowest BCUT2D eigenvalue weighted by molar-refractivity contribution is -0.385. The molecule has 0 radical (unpaired) electrons. The number of hydrogen-bond acceptors (Lipinski definition) is 6. The number of nitrogens with zero attached hydrogens (tertiary/aromatic N) is 3. The lowest BCUT2D eigenvalue weighted by Gasteiger charge is -2.17. The molecule has 7 nitrogen and oxygen atoms in total. The average Bonchev–Trinajstić information content (AvgIpc) is 3.10. The Labute approximate surface area is 159 Å². The van der Waals surface area contributed by atoms with Crippen LogP contribution in [-0.4, -0.2) is 36.1 Å². The van der Waals surface area contributed by atoms with E-state index in [1.165, 1.54) is 34.5 Å². The fraction of sp³-hybridized carbons (Fsp3) is 0.158. The summed E-state index contributed by atoms with van der Waals surface area (Å²) in [5.41, 5.74) is 1.13. The standard InChI is InChI=1S/C19H17N3O4S/c1-26-13-12-21(19-20-15-7-3-5-9-17(15)27-19)18(23)11-10-14-6-2-4-8-16(14)22(24)25/h2-11H,12-13H2,1H3. The second-order valence-electron chi connectivity index (χ2n) is 5.60. The van der Waals surface area contributed by atoms with Gasteiger partial charge in [0.15, 0.2) is 5.13 Å². The van der Waals surface area contributed by atoms with Gasteiger partial charge in [0.05, 0.1) is 33.9 Å². The summed E-state index contributed by atoms with van der Waals surface area (Å²) >= 11 is 1.41. The van der Waals surface area contributed by atoms with E-state index < -0.39 is 4.92 Å². The van der Waals surface area contributed by atoms with Crippen LogP contribution in [0.25, 0.3) is 16.3 Å². The molecule has 0 saturated carbocycles. The van der Waals surface area contributed by atoms with Crippen molar-refractivity contribution in [3.63, 3.8) is 0 Å². The van der Waals surface area contributed by atoms with Gasteiger partial charge in [-0.25, -0.2) is 4.98 Å². The highest BCUT2D eigenvalue weighted by molar-refractivity contribution is 7.22. The number of benzene rings is 2. The Morgan fingerprint density at radius 1 is 1.26 bits per heavy atom. The van der Waals surface area contributed by atoms with Gasteiger partial charge >= 0.3 is 0 Å². The van der Waals surface area contributed by atoms with Crippen LogP contribution in [-0.2, 0) is 9.53 Å². The predicted octanol–water partition coefficient (Wildman–Crippen LogP) is 3.90. The highest BCUT2D eigenvalue weighted by Gasteiger charge is 2.18. The molecule has 0 saturated heterocycles. The molecule has 0 fully saturated rings. The van der Waals surface area contributed by atoms with Crippen molar-refractivity contribution in [3.8, 4) is 0 Å². The topological polar surface area (TPSA) is 85.6 Å². The molecule has 2 aromatic carbocycles. The second kappa shape index (κ2) is 8.52. The van der Waals surface area contributed by atoms with E-state index in [1.807, 2.05) is 24.3 Å². The van der Waals surface area contributed by atoms with Crippen LogP contribution in [0.15, 0.2) is 54.6 Å². The normalized spacial score (nSPS) is 11.1. The van der Waals surface area contributed by atoms with E-state index in [9.17, 15) is 14.9 Å². The fourth-order valence-corrected chi connectivity index (χ4v) is 3.50. The lowest BCUT2D eigenvalue weighted by Crippen LogP contribution is -2.32. The molecule has 0 atom stereocenters. The zero-order valence-corrected chi connectivity index (χ0v) is 15.4. The molecule has 3 rings (SSSR count). The third-order valence-electron chi connectivity index (χ3n) is 3.84. The fourth-order valence-electron chi connectivity index (χ4n) is 2.50. The van der Waals surface area contributed by atoms with E-state index in [-0.39, 0.29) is 11.6 Å². The van der Waals surface area contributed by atoms with Crippen molar-refractivity contribution < 1.29 is 14.5 Å². The molecular weight excluding hydrogens is 366 g/mol. The molecular formula is C19H17N3O4S. The molecule has 27 heavy (non-hydrogen) atoms. The number of para-hydroxylation sites is 2. The average molecular weight is 383 g/mol. The molecule has 0 aliphatic heterocycles. The second-order valence-corrected chi connectivity index (χ2v) is 6.61. The number of fused-ring (bicyclic) bond motifs is 1. The van der Waals surface area contributed by atoms with Crippen molar-refractivity contribution in [2.75, 3.05) is 25.2 Å². The van der Waals surface area contributed by atoms with Gasteiger partial charge in [-0.05, 0) is 24.3 Å². The molecule has 0 aliphatic rings. The molecule has 0 bridgehead atoms.